The quantitative estimate of drug-likeness (QED) is 0.175. The summed E-state index contributed by atoms with van der Waals surface area (Å²) < 4.78 is 0. The van der Waals surface area contributed by atoms with E-state index in [-0.39, 0.29) is 0 Å². The predicted octanol–water partition coefficient (Wildman–Crippen LogP) is 14.9. The lowest BCUT2D eigenvalue weighted by molar-refractivity contribution is 1.30. The number of nitrogens with one attached hydrogen (secondary N) is 1. The van der Waals surface area contributed by atoms with Gasteiger partial charge in [-0.05, 0) is 92.0 Å². The van der Waals surface area contributed by atoms with Crippen molar-refractivity contribution < 1.29 is 0 Å². The zero-order valence-corrected chi connectivity index (χ0v) is 29.8. The lowest BCUT2D eigenvalue weighted by Crippen LogP contribution is -2.10. The van der Waals surface area contributed by atoms with Crippen LogP contribution in [0.25, 0.3) is 54.2 Å². The van der Waals surface area contributed by atoms with Crippen molar-refractivity contribution in [1.29, 1.82) is 0 Å². The smallest absolute Gasteiger partial charge is 0.0546 e. The third-order valence-electron chi connectivity index (χ3n) is 10.1. The van der Waals surface area contributed by atoms with Crippen LogP contribution in [0.2, 0.25) is 0 Å². The molecule has 10 aromatic rings. The van der Waals surface area contributed by atoms with E-state index in [1.54, 1.807) is 0 Å². The minimum Gasteiger partial charge on any atom is -0.355 e. The lowest BCUT2D eigenvalue weighted by Gasteiger charge is -2.27. The number of hydrogen-bond acceptors (Lipinski definition) is 2. The van der Waals surface area contributed by atoms with Crippen molar-refractivity contribution in [1.82, 2.24) is 0 Å². The molecule has 0 atom stereocenters. The standard InChI is InChI=1S/C46H32N2.C6H6/c1-2-14-37(15-3-1)48(46-31-35-13-5-7-17-40(35)42-19-9-11-21-44(42)46)38-28-24-33(25-29-38)32-22-26-36(27-23-32)47-45-30-34-12-4-6-16-39(34)41-18-8-10-20-43(41)45;1-2-4-6-5-3-1/h1-31,47H;1-6H. The summed E-state index contributed by atoms with van der Waals surface area (Å²) in [4.78, 5) is 2.37. The monoisotopic (exact) mass is 690 g/mol. The SMILES string of the molecule is c1ccc(N(c2ccc(-c3ccc(Nc4cc5ccccc5c5ccccc45)cc3)cc2)c2cc3ccccc3c3ccccc23)cc1.c1ccccc1. The van der Waals surface area contributed by atoms with Crippen molar-refractivity contribution in [3.8, 4) is 11.1 Å². The largest absolute Gasteiger partial charge is 0.355 e. The van der Waals surface area contributed by atoms with Crippen LogP contribution in [0.5, 0.6) is 0 Å². The van der Waals surface area contributed by atoms with Crippen LogP contribution in [0.1, 0.15) is 0 Å². The molecular weight excluding hydrogens is 653 g/mol. The Morgan fingerprint density at radius 3 is 1.30 bits per heavy atom. The van der Waals surface area contributed by atoms with E-state index in [1.165, 1.54) is 59.9 Å². The van der Waals surface area contributed by atoms with E-state index in [9.17, 15) is 0 Å². The Kier molecular flexibility index (Phi) is 8.99. The number of para-hydroxylation sites is 1. The van der Waals surface area contributed by atoms with Crippen LogP contribution in [0.3, 0.4) is 0 Å². The molecule has 0 fully saturated rings. The highest BCUT2D eigenvalue weighted by atomic mass is 15.1. The maximum Gasteiger partial charge on any atom is 0.0546 e. The molecule has 10 aromatic carbocycles. The van der Waals surface area contributed by atoms with Crippen molar-refractivity contribution in [2.45, 2.75) is 0 Å². The first-order chi connectivity index (χ1) is 26.8. The number of nitrogens with zero attached hydrogens (tertiary/aromatic N) is 1. The number of fused-ring (bicyclic) bond motifs is 6. The van der Waals surface area contributed by atoms with Crippen molar-refractivity contribution in [2.24, 2.45) is 0 Å². The normalized spacial score (nSPS) is 11.0. The number of anilines is 5. The van der Waals surface area contributed by atoms with Gasteiger partial charge in [0, 0.05) is 33.5 Å². The summed E-state index contributed by atoms with van der Waals surface area (Å²) in [6, 6.07) is 79.5. The molecule has 10 rings (SSSR count). The van der Waals surface area contributed by atoms with Crippen LogP contribution in [-0.2, 0) is 0 Å². The first-order valence-electron chi connectivity index (χ1n) is 18.4. The Bertz CT molecular complexity index is 2800. The van der Waals surface area contributed by atoms with Crippen molar-refractivity contribution in [2.75, 3.05) is 10.2 Å². The van der Waals surface area contributed by atoms with Gasteiger partial charge in [-0.15, -0.1) is 0 Å². The van der Waals surface area contributed by atoms with E-state index in [0.717, 1.165) is 22.7 Å². The highest BCUT2D eigenvalue weighted by molar-refractivity contribution is 6.15. The molecule has 1 N–H and O–H groups in total. The van der Waals surface area contributed by atoms with Gasteiger partial charge < -0.3 is 10.2 Å². The second kappa shape index (κ2) is 14.8. The molecule has 54 heavy (non-hydrogen) atoms. The van der Waals surface area contributed by atoms with Gasteiger partial charge in [0.25, 0.3) is 0 Å². The van der Waals surface area contributed by atoms with Gasteiger partial charge >= 0.3 is 0 Å². The number of hydrogen-bond donors (Lipinski definition) is 1. The fraction of sp³-hybridized carbons (Fsp3) is 0. The van der Waals surface area contributed by atoms with Gasteiger partial charge in [-0.25, -0.2) is 0 Å². The maximum absolute atomic E-state index is 3.70. The molecule has 256 valence electrons. The summed E-state index contributed by atoms with van der Waals surface area (Å²) in [6.07, 6.45) is 0. The van der Waals surface area contributed by atoms with Crippen molar-refractivity contribution >= 4 is 71.5 Å². The summed E-state index contributed by atoms with van der Waals surface area (Å²) in [6.45, 7) is 0. The van der Waals surface area contributed by atoms with Gasteiger partial charge in [0.05, 0.1) is 5.69 Å². The highest BCUT2D eigenvalue weighted by Gasteiger charge is 2.17. The first kappa shape index (κ1) is 32.7. The van der Waals surface area contributed by atoms with E-state index in [4.69, 9.17) is 0 Å². The molecule has 0 aliphatic rings. The minimum atomic E-state index is 1.06. The van der Waals surface area contributed by atoms with Crippen LogP contribution in [-0.4, -0.2) is 0 Å². The fourth-order valence-corrected chi connectivity index (χ4v) is 7.47. The molecule has 0 aliphatic carbocycles. The van der Waals surface area contributed by atoms with Crippen LogP contribution in [0, 0.1) is 0 Å². The van der Waals surface area contributed by atoms with E-state index in [0.29, 0.717) is 0 Å². The second-order valence-corrected chi connectivity index (χ2v) is 13.4. The first-order valence-corrected chi connectivity index (χ1v) is 18.4. The zero-order valence-electron chi connectivity index (χ0n) is 29.8. The van der Waals surface area contributed by atoms with E-state index >= 15 is 0 Å². The maximum atomic E-state index is 3.70. The number of benzene rings is 10. The van der Waals surface area contributed by atoms with Crippen LogP contribution in [0.15, 0.2) is 224 Å². The Balaban J connectivity index is 0.000000586. The molecule has 0 heterocycles. The van der Waals surface area contributed by atoms with E-state index < -0.39 is 0 Å². The summed E-state index contributed by atoms with van der Waals surface area (Å²) in [5.74, 6) is 0. The Hall–Kier alpha value is -7.16. The molecule has 2 nitrogen and oxygen atoms in total. The third-order valence-corrected chi connectivity index (χ3v) is 10.1. The van der Waals surface area contributed by atoms with Crippen molar-refractivity contribution in [3.05, 3.63) is 224 Å². The molecule has 0 unspecified atom stereocenters. The van der Waals surface area contributed by atoms with Gasteiger partial charge in [-0.1, -0.05) is 176 Å². The van der Waals surface area contributed by atoms with Gasteiger partial charge in [-0.2, -0.15) is 0 Å². The highest BCUT2D eigenvalue weighted by Crippen LogP contribution is 2.42. The predicted molar refractivity (Wildman–Crippen MR) is 233 cm³/mol. The van der Waals surface area contributed by atoms with E-state index in [2.05, 4.69) is 198 Å². The Morgan fingerprint density at radius 1 is 0.296 bits per heavy atom. The second-order valence-electron chi connectivity index (χ2n) is 13.4. The molecule has 0 bridgehead atoms. The third kappa shape index (κ3) is 6.53. The summed E-state index contributed by atoms with van der Waals surface area (Å²) in [5, 5.41) is 13.7. The summed E-state index contributed by atoms with van der Waals surface area (Å²) in [5.41, 5.74) is 7.95. The van der Waals surface area contributed by atoms with E-state index in [1.807, 2.05) is 36.4 Å². The number of rotatable bonds is 6. The van der Waals surface area contributed by atoms with Gasteiger partial charge in [0.1, 0.15) is 0 Å². The lowest BCUT2D eigenvalue weighted by atomic mass is 9.98. The molecule has 0 saturated heterocycles. The molecule has 0 radical (unpaired) electrons. The molecule has 0 aromatic heterocycles. The minimum absolute atomic E-state index is 1.06. The molecule has 0 aliphatic heterocycles. The van der Waals surface area contributed by atoms with Crippen LogP contribution >= 0.6 is 0 Å². The average Bonchev–Trinajstić information content (AvgIpc) is 3.26. The molecule has 0 spiro atoms. The molecule has 2 heteroatoms. The topological polar surface area (TPSA) is 15.3 Å². The summed E-state index contributed by atoms with van der Waals surface area (Å²) in [7, 11) is 0. The molecule has 0 amide bonds. The average molecular weight is 691 g/mol. The van der Waals surface area contributed by atoms with Gasteiger partial charge in [-0.3, -0.25) is 0 Å². The summed E-state index contributed by atoms with van der Waals surface area (Å²) >= 11 is 0. The van der Waals surface area contributed by atoms with Crippen molar-refractivity contribution in [3.63, 3.8) is 0 Å². The van der Waals surface area contributed by atoms with Gasteiger partial charge in [0.15, 0.2) is 0 Å². The Labute approximate surface area is 316 Å². The van der Waals surface area contributed by atoms with Crippen LogP contribution < -0.4 is 10.2 Å². The Morgan fingerprint density at radius 2 is 0.704 bits per heavy atom. The fourth-order valence-electron chi connectivity index (χ4n) is 7.47. The molecule has 0 saturated carbocycles. The van der Waals surface area contributed by atoms with Crippen LogP contribution in [0.4, 0.5) is 28.4 Å². The van der Waals surface area contributed by atoms with Gasteiger partial charge in [0.2, 0.25) is 0 Å². The zero-order chi connectivity index (χ0) is 36.1. The molecular formula is C52H38N2.